The van der Waals surface area contributed by atoms with E-state index in [1.165, 1.54) is 0 Å². The highest BCUT2D eigenvalue weighted by Gasteiger charge is 2.59. The fourth-order valence-electron chi connectivity index (χ4n) is 4.16. The molecule has 2 heterocycles. The topological polar surface area (TPSA) is 61.8 Å². The van der Waals surface area contributed by atoms with Gasteiger partial charge < -0.3 is 19.0 Å². The first kappa shape index (κ1) is 14.2. The van der Waals surface area contributed by atoms with Crippen LogP contribution in [0.15, 0.2) is 0 Å². The van der Waals surface area contributed by atoms with E-state index >= 15 is 0 Å². The highest BCUT2D eigenvalue weighted by Crippen LogP contribution is 2.50. The molecule has 3 aliphatic rings. The monoisotopic (exact) mass is 282 g/mol. The Hall–Kier alpha value is -0.780. The standard InChI is InChI=1S/C15H22O5/c1-8(17)11-9(6-7-16)4-5-10-12(11)13-14(18-10)20-15(2,3)19-13/h7,9-14H,4-6H2,1-3H3/t9-,10-,11+,12+,13-,14-/m1/s1. The van der Waals surface area contributed by atoms with Gasteiger partial charge in [0.15, 0.2) is 12.1 Å². The minimum absolute atomic E-state index is 0.0119. The van der Waals surface area contributed by atoms with Crippen molar-refractivity contribution < 1.29 is 23.8 Å². The van der Waals surface area contributed by atoms with Crippen LogP contribution >= 0.6 is 0 Å². The van der Waals surface area contributed by atoms with E-state index < -0.39 is 5.79 Å². The number of carbonyl (C=O) groups excluding carboxylic acids is 2. The molecule has 20 heavy (non-hydrogen) atoms. The SMILES string of the molecule is CC(=O)[C@H]1[C@@H](CC=O)CC[C@H]2O[C@@H]3OC(C)(C)O[C@@H]3[C@H]12. The second-order valence-electron chi connectivity index (χ2n) is 6.60. The average molecular weight is 282 g/mol. The maximum Gasteiger partial charge on any atom is 0.187 e. The number of hydrogen-bond donors (Lipinski definition) is 0. The molecule has 3 rings (SSSR count). The summed E-state index contributed by atoms with van der Waals surface area (Å²) in [6.45, 7) is 5.33. The summed E-state index contributed by atoms with van der Waals surface area (Å²) < 4.78 is 17.7. The Morgan fingerprint density at radius 3 is 2.70 bits per heavy atom. The molecule has 0 bridgehead atoms. The fourth-order valence-corrected chi connectivity index (χ4v) is 4.16. The molecular weight excluding hydrogens is 260 g/mol. The van der Waals surface area contributed by atoms with Crippen molar-refractivity contribution in [3.05, 3.63) is 0 Å². The third kappa shape index (κ3) is 2.22. The number of hydrogen-bond acceptors (Lipinski definition) is 5. The highest BCUT2D eigenvalue weighted by atomic mass is 16.8. The number of rotatable bonds is 3. The van der Waals surface area contributed by atoms with Gasteiger partial charge in [0.05, 0.1) is 6.10 Å². The van der Waals surface area contributed by atoms with Gasteiger partial charge in [-0.2, -0.15) is 0 Å². The van der Waals surface area contributed by atoms with Crippen LogP contribution in [0, 0.1) is 17.8 Å². The smallest absolute Gasteiger partial charge is 0.187 e. The van der Waals surface area contributed by atoms with Crippen molar-refractivity contribution in [2.45, 2.75) is 64.3 Å². The Balaban J connectivity index is 1.86. The summed E-state index contributed by atoms with van der Waals surface area (Å²) >= 11 is 0. The minimum atomic E-state index is -0.667. The summed E-state index contributed by atoms with van der Waals surface area (Å²) in [5.41, 5.74) is 0. The molecule has 0 unspecified atom stereocenters. The predicted octanol–water partition coefficient (Wildman–Crippen LogP) is 1.68. The van der Waals surface area contributed by atoms with Crippen molar-refractivity contribution >= 4 is 12.1 Å². The summed E-state index contributed by atoms with van der Waals surface area (Å²) in [5, 5.41) is 0. The van der Waals surface area contributed by atoms with Crippen LogP contribution in [-0.2, 0) is 23.8 Å². The van der Waals surface area contributed by atoms with E-state index in [4.69, 9.17) is 14.2 Å². The van der Waals surface area contributed by atoms with Crippen molar-refractivity contribution in [1.82, 2.24) is 0 Å². The second kappa shape index (κ2) is 4.90. The van der Waals surface area contributed by atoms with E-state index in [1.54, 1.807) is 6.92 Å². The zero-order valence-electron chi connectivity index (χ0n) is 12.2. The van der Waals surface area contributed by atoms with Crippen LogP contribution in [-0.4, -0.2) is 36.4 Å². The number of ketones is 1. The molecule has 1 saturated carbocycles. The lowest BCUT2D eigenvalue weighted by molar-refractivity contribution is -0.217. The zero-order chi connectivity index (χ0) is 14.5. The largest absolute Gasteiger partial charge is 0.346 e. The molecule has 2 saturated heterocycles. The van der Waals surface area contributed by atoms with Crippen LogP contribution in [0.3, 0.4) is 0 Å². The maximum absolute atomic E-state index is 12.1. The molecule has 3 fully saturated rings. The average Bonchev–Trinajstić information content (AvgIpc) is 2.81. The Labute approximate surface area is 118 Å². The molecule has 5 nitrogen and oxygen atoms in total. The molecule has 0 radical (unpaired) electrons. The molecule has 0 spiro atoms. The van der Waals surface area contributed by atoms with Crippen molar-refractivity contribution in [2.24, 2.45) is 17.8 Å². The predicted molar refractivity (Wildman–Crippen MR) is 69.8 cm³/mol. The van der Waals surface area contributed by atoms with Crippen LogP contribution in [0.4, 0.5) is 0 Å². The zero-order valence-corrected chi connectivity index (χ0v) is 12.2. The fraction of sp³-hybridized carbons (Fsp3) is 0.867. The maximum atomic E-state index is 12.1. The molecule has 0 aromatic carbocycles. The molecule has 6 atom stereocenters. The minimum Gasteiger partial charge on any atom is -0.346 e. The first-order valence-electron chi connectivity index (χ1n) is 7.38. The number of carbonyl (C=O) groups is 2. The molecule has 0 aromatic rings. The molecule has 0 N–H and O–H groups in total. The van der Waals surface area contributed by atoms with Gasteiger partial charge in [-0.3, -0.25) is 4.79 Å². The summed E-state index contributed by atoms with van der Waals surface area (Å²) in [6, 6.07) is 0. The Kier molecular flexibility index (Phi) is 3.47. The van der Waals surface area contributed by atoms with Gasteiger partial charge in [0, 0.05) is 18.3 Å². The van der Waals surface area contributed by atoms with Crippen molar-refractivity contribution in [2.75, 3.05) is 0 Å². The number of aldehydes is 1. The summed E-state index contributed by atoms with van der Waals surface area (Å²) in [4.78, 5) is 23.0. The van der Waals surface area contributed by atoms with Crippen LogP contribution in [0.2, 0.25) is 0 Å². The molecule has 5 heteroatoms. The molecule has 0 aromatic heterocycles. The molecule has 1 aliphatic carbocycles. The van der Waals surface area contributed by atoms with Crippen LogP contribution < -0.4 is 0 Å². The van der Waals surface area contributed by atoms with Gasteiger partial charge in [-0.05, 0) is 39.5 Å². The van der Waals surface area contributed by atoms with Gasteiger partial charge in [0.25, 0.3) is 0 Å². The summed E-state index contributed by atoms with van der Waals surface area (Å²) in [6.07, 6.45) is 2.52. The van der Waals surface area contributed by atoms with E-state index in [2.05, 4.69) is 0 Å². The van der Waals surface area contributed by atoms with E-state index in [1.807, 2.05) is 13.8 Å². The summed E-state index contributed by atoms with van der Waals surface area (Å²) in [7, 11) is 0. The second-order valence-corrected chi connectivity index (χ2v) is 6.60. The number of fused-ring (bicyclic) bond motifs is 3. The van der Waals surface area contributed by atoms with Crippen molar-refractivity contribution in [3.63, 3.8) is 0 Å². The summed E-state index contributed by atoms with van der Waals surface area (Å²) in [5.74, 6) is -0.575. The van der Waals surface area contributed by atoms with Gasteiger partial charge in [0.1, 0.15) is 18.2 Å². The van der Waals surface area contributed by atoms with Crippen LogP contribution in [0.1, 0.15) is 40.0 Å². The van der Waals surface area contributed by atoms with Gasteiger partial charge in [-0.25, -0.2) is 0 Å². The van der Waals surface area contributed by atoms with Crippen LogP contribution in [0.5, 0.6) is 0 Å². The van der Waals surface area contributed by atoms with E-state index in [9.17, 15) is 9.59 Å². The first-order chi connectivity index (χ1) is 9.43. The van der Waals surface area contributed by atoms with Gasteiger partial charge in [-0.15, -0.1) is 0 Å². The lowest BCUT2D eigenvalue weighted by atomic mass is 9.67. The van der Waals surface area contributed by atoms with Crippen molar-refractivity contribution in [1.29, 1.82) is 0 Å². The lowest BCUT2D eigenvalue weighted by Gasteiger charge is -2.39. The third-order valence-corrected chi connectivity index (χ3v) is 4.82. The highest BCUT2D eigenvalue weighted by molar-refractivity contribution is 5.79. The van der Waals surface area contributed by atoms with Gasteiger partial charge in [0.2, 0.25) is 0 Å². The molecular formula is C15H22O5. The number of Topliss-reactive ketones (excluding diaryl/α,β-unsaturated/α-hetero) is 1. The van der Waals surface area contributed by atoms with E-state index in [-0.39, 0.29) is 42.0 Å². The van der Waals surface area contributed by atoms with Gasteiger partial charge in [-0.1, -0.05) is 0 Å². The first-order valence-corrected chi connectivity index (χ1v) is 7.38. The Bertz CT molecular complexity index is 418. The Morgan fingerprint density at radius 2 is 2.05 bits per heavy atom. The molecule has 0 amide bonds. The molecule has 112 valence electrons. The molecule has 2 aliphatic heterocycles. The number of ether oxygens (including phenoxy) is 3. The van der Waals surface area contributed by atoms with Gasteiger partial charge >= 0.3 is 0 Å². The Morgan fingerprint density at radius 1 is 1.30 bits per heavy atom. The van der Waals surface area contributed by atoms with Crippen LogP contribution in [0.25, 0.3) is 0 Å². The van der Waals surface area contributed by atoms with E-state index in [0.29, 0.717) is 6.42 Å². The normalized spacial score (nSPS) is 45.8. The van der Waals surface area contributed by atoms with E-state index in [0.717, 1.165) is 19.1 Å². The van der Waals surface area contributed by atoms with Crippen molar-refractivity contribution in [3.8, 4) is 0 Å². The third-order valence-electron chi connectivity index (χ3n) is 4.82. The quantitative estimate of drug-likeness (QED) is 0.737. The lowest BCUT2D eigenvalue weighted by Crippen LogP contribution is -2.45.